The summed E-state index contributed by atoms with van der Waals surface area (Å²) < 4.78 is 0. The number of rotatable bonds is 3. The highest BCUT2D eigenvalue weighted by molar-refractivity contribution is 5.48. The molecular weight excluding hydrogens is 178 g/mol. The number of aromatic hydroxyl groups is 1. The summed E-state index contributed by atoms with van der Waals surface area (Å²) in [6, 6.07) is 3.86. The van der Waals surface area contributed by atoms with Gasteiger partial charge in [-0.1, -0.05) is 0 Å². The molecule has 1 saturated heterocycles. The van der Waals surface area contributed by atoms with Crippen molar-refractivity contribution in [1.82, 2.24) is 10.3 Å². The van der Waals surface area contributed by atoms with Gasteiger partial charge >= 0.3 is 0 Å². The first-order valence-corrected chi connectivity index (χ1v) is 4.97. The van der Waals surface area contributed by atoms with Gasteiger partial charge in [0.25, 0.3) is 0 Å². The second-order valence-corrected chi connectivity index (χ2v) is 3.55. The fraction of sp³-hybridized carbons (Fsp3) is 0.500. The summed E-state index contributed by atoms with van der Waals surface area (Å²) in [5.74, 6) is 0.784. The van der Waals surface area contributed by atoms with Crippen LogP contribution < -0.4 is 10.6 Å². The van der Waals surface area contributed by atoms with Gasteiger partial charge in [-0.3, -0.25) is 0 Å². The van der Waals surface area contributed by atoms with Crippen LogP contribution in [0.3, 0.4) is 0 Å². The van der Waals surface area contributed by atoms with Crippen molar-refractivity contribution in [2.75, 3.05) is 18.4 Å². The molecule has 1 aliphatic rings. The lowest BCUT2D eigenvalue weighted by Gasteiger charge is -2.12. The van der Waals surface area contributed by atoms with Crippen LogP contribution in [0.5, 0.6) is 5.75 Å². The molecule has 0 radical (unpaired) electrons. The van der Waals surface area contributed by atoms with Crippen LogP contribution in [-0.2, 0) is 0 Å². The third-order valence-electron chi connectivity index (χ3n) is 2.46. The number of nitrogens with zero attached hydrogens (tertiary/aromatic N) is 1. The van der Waals surface area contributed by atoms with Crippen LogP contribution in [0.4, 0.5) is 5.82 Å². The zero-order chi connectivity index (χ0) is 9.80. The number of anilines is 1. The van der Waals surface area contributed by atoms with Gasteiger partial charge in [0.15, 0.2) is 11.6 Å². The quantitative estimate of drug-likeness (QED) is 0.669. The van der Waals surface area contributed by atoms with Crippen LogP contribution in [0.1, 0.15) is 12.8 Å². The molecule has 0 saturated carbocycles. The Labute approximate surface area is 83.4 Å². The van der Waals surface area contributed by atoms with E-state index in [1.54, 1.807) is 18.3 Å². The van der Waals surface area contributed by atoms with E-state index in [9.17, 15) is 5.11 Å². The predicted octanol–water partition coefficient (Wildman–Crippen LogP) is 0.951. The van der Waals surface area contributed by atoms with E-state index in [1.165, 1.54) is 12.8 Å². The van der Waals surface area contributed by atoms with Gasteiger partial charge in [-0.15, -0.1) is 0 Å². The van der Waals surface area contributed by atoms with Crippen LogP contribution in [0.15, 0.2) is 18.3 Å². The number of hydrogen-bond acceptors (Lipinski definition) is 4. The molecule has 14 heavy (non-hydrogen) atoms. The fourth-order valence-corrected chi connectivity index (χ4v) is 1.68. The third-order valence-corrected chi connectivity index (χ3v) is 2.46. The summed E-state index contributed by atoms with van der Waals surface area (Å²) in [6.07, 6.45) is 4.10. The maximum Gasteiger partial charge on any atom is 0.168 e. The topological polar surface area (TPSA) is 57.2 Å². The summed E-state index contributed by atoms with van der Waals surface area (Å²) in [6.45, 7) is 1.92. The normalized spacial score (nSPS) is 21.0. The minimum absolute atomic E-state index is 0.213. The van der Waals surface area contributed by atoms with Gasteiger partial charge in [-0.25, -0.2) is 4.98 Å². The second kappa shape index (κ2) is 4.28. The predicted molar refractivity (Wildman–Crippen MR) is 55.4 cm³/mol. The first-order valence-electron chi connectivity index (χ1n) is 4.97. The van der Waals surface area contributed by atoms with Gasteiger partial charge in [-0.2, -0.15) is 0 Å². The molecule has 4 heteroatoms. The molecule has 4 nitrogen and oxygen atoms in total. The molecule has 0 aromatic carbocycles. The molecule has 1 fully saturated rings. The first-order chi connectivity index (χ1) is 6.86. The standard InChI is InChI=1S/C10H15N3O/c14-9-4-2-6-12-10(9)13-7-8-3-1-5-11-8/h2,4,6,8,11,14H,1,3,5,7H2,(H,12,13). The monoisotopic (exact) mass is 193 g/mol. The van der Waals surface area contributed by atoms with Crippen molar-refractivity contribution in [2.45, 2.75) is 18.9 Å². The van der Waals surface area contributed by atoms with E-state index in [0.717, 1.165) is 13.1 Å². The minimum Gasteiger partial charge on any atom is -0.504 e. The highest BCUT2D eigenvalue weighted by Gasteiger charge is 2.13. The van der Waals surface area contributed by atoms with Crippen LogP contribution in [-0.4, -0.2) is 29.2 Å². The lowest BCUT2D eigenvalue weighted by molar-refractivity contribution is 0.474. The van der Waals surface area contributed by atoms with Crippen molar-refractivity contribution in [2.24, 2.45) is 0 Å². The molecule has 1 aromatic heterocycles. The molecular formula is C10H15N3O. The smallest absolute Gasteiger partial charge is 0.168 e. The van der Waals surface area contributed by atoms with Gasteiger partial charge in [0.1, 0.15) is 0 Å². The average Bonchev–Trinajstić information content (AvgIpc) is 2.69. The zero-order valence-corrected chi connectivity index (χ0v) is 8.03. The summed E-state index contributed by atoms with van der Waals surface area (Å²) >= 11 is 0. The Bertz CT molecular complexity index is 297. The molecule has 0 amide bonds. The Morgan fingerprint density at radius 3 is 3.29 bits per heavy atom. The molecule has 2 rings (SSSR count). The van der Waals surface area contributed by atoms with E-state index in [2.05, 4.69) is 15.6 Å². The van der Waals surface area contributed by atoms with Crippen molar-refractivity contribution in [3.8, 4) is 5.75 Å². The minimum atomic E-state index is 0.213. The lowest BCUT2D eigenvalue weighted by atomic mass is 10.2. The number of pyridine rings is 1. The number of nitrogens with one attached hydrogen (secondary N) is 2. The van der Waals surface area contributed by atoms with E-state index in [1.807, 2.05) is 0 Å². The van der Waals surface area contributed by atoms with Crippen LogP contribution in [0.25, 0.3) is 0 Å². The zero-order valence-electron chi connectivity index (χ0n) is 8.03. The Kier molecular flexibility index (Phi) is 2.84. The summed E-state index contributed by atoms with van der Waals surface area (Å²) in [5.41, 5.74) is 0. The fourth-order valence-electron chi connectivity index (χ4n) is 1.68. The Hall–Kier alpha value is -1.29. The Morgan fingerprint density at radius 1 is 1.64 bits per heavy atom. The van der Waals surface area contributed by atoms with E-state index in [4.69, 9.17) is 0 Å². The van der Waals surface area contributed by atoms with Gasteiger partial charge < -0.3 is 15.7 Å². The van der Waals surface area contributed by atoms with Crippen LogP contribution >= 0.6 is 0 Å². The second-order valence-electron chi connectivity index (χ2n) is 3.55. The molecule has 0 aliphatic carbocycles. The highest BCUT2D eigenvalue weighted by atomic mass is 16.3. The highest BCUT2D eigenvalue weighted by Crippen LogP contribution is 2.18. The SMILES string of the molecule is Oc1cccnc1NCC1CCCN1. The summed E-state index contributed by atoms with van der Waals surface area (Å²) in [4.78, 5) is 4.05. The Balaban J connectivity index is 1.88. The third kappa shape index (κ3) is 2.14. The van der Waals surface area contributed by atoms with Gasteiger partial charge in [0, 0.05) is 18.8 Å². The molecule has 1 aromatic rings. The summed E-state index contributed by atoms with van der Waals surface area (Å²) in [5, 5.41) is 15.9. The van der Waals surface area contributed by atoms with Gasteiger partial charge in [-0.05, 0) is 31.5 Å². The molecule has 2 heterocycles. The lowest BCUT2D eigenvalue weighted by Crippen LogP contribution is -2.29. The van der Waals surface area contributed by atoms with Gasteiger partial charge in [0.05, 0.1) is 0 Å². The van der Waals surface area contributed by atoms with E-state index >= 15 is 0 Å². The molecule has 3 N–H and O–H groups in total. The number of hydrogen-bond donors (Lipinski definition) is 3. The van der Waals surface area contributed by atoms with Crippen molar-refractivity contribution >= 4 is 5.82 Å². The molecule has 1 aliphatic heterocycles. The Morgan fingerprint density at radius 2 is 2.57 bits per heavy atom. The molecule has 76 valence electrons. The average molecular weight is 193 g/mol. The first kappa shape index (κ1) is 9.27. The van der Waals surface area contributed by atoms with Gasteiger partial charge in [0.2, 0.25) is 0 Å². The maximum absolute atomic E-state index is 9.44. The number of aromatic nitrogens is 1. The molecule has 1 unspecified atom stereocenters. The van der Waals surface area contributed by atoms with Crippen molar-refractivity contribution < 1.29 is 5.11 Å². The van der Waals surface area contributed by atoms with E-state index < -0.39 is 0 Å². The van der Waals surface area contributed by atoms with E-state index in [-0.39, 0.29) is 5.75 Å². The van der Waals surface area contributed by atoms with Crippen LogP contribution in [0, 0.1) is 0 Å². The maximum atomic E-state index is 9.44. The summed E-state index contributed by atoms with van der Waals surface area (Å²) in [7, 11) is 0. The van der Waals surface area contributed by atoms with Crippen molar-refractivity contribution in [3.05, 3.63) is 18.3 Å². The molecule has 0 bridgehead atoms. The van der Waals surface area contributed by atoms with E-state index in [0.29, 0.717) is 11.9 Å². The largest absolute Gasteiger partial charge is 0.504 e. The molecule has 1 atom stereocenters. The van der Waals surface area contributed by atoms with Crippen molar-refractivity contribution in [1.29, 1.82) is 0 Å². The van der Waals surface area contributed by atoms with Crippen molar-refractivity contribution in [3.63, 3.8) is 0 Å². The molecule has 0 spiro atoms. The van der Waals surface area contributed by atoms with Crippen LogP contribution in [0.2, 0.25) is 0 Å².